The Morgan fingerprint density at radius 2 is 0.857 bits per heavy atom. The van der Waals surface area contributed by atoms with Crippen LogP contribution in [0, 0.1) is 0 Å². The molecule has 8 bridgehead atoms. The SMILES string of the molecule is Clc1c(Cl)c(Cl)c2c(c1Cl)-c1nc-2nc2[nH]c(nc3nc(nc4[nH]c(n1)c1ccccc41)-c1ccccc1-3)c1c(Br)c(Br)c(Cl)c(Cl)c21.[Cu]. The molecule has 0 aliphatic carbocycles. The smallest absolute Gasteiger partial charge is 0.166 e. The van der Waals surface area contributed by atoms with Gasteiger partial charge in [-0.2, -0.15) is 0 Å². The van der Waals surface area contributed by atoms with E-state index in [1.807, 2.05) is 48.5 Å². The Bertz CT molecular complexity index is 2810. The predicted octanol–water partition coefficient (Wildman–Crippen LogP) is 12.3. The summed E-state index contributed by atoms with van der Waals surface area (Å²) in [6.07, 6.45) is 0. The third kappa shape index (κ3) is 4.97. The van der Waals surface area contributed by atoms with E-state index < -0.39 is 0 Å². The Kier molecular flexibility index (Phi) is 8.44. The van der Waals surface area contributed by atoms with Crippen molar-refractivity contribution in [1.82, 2.24) is 39.9 Å². The number of hydrogen-bond donors (Lipinski definition) is 2. The van der Waals surface area contributed by atoms with Gasteiger partial charge in [0.1, 0.15) is 22.6 Å². The molecule has 4 aromatic carbocycles. The van der Waals surface area contributed by atoms with Crippen LogP contribution in [-0.2, 0) is 17.1 Å². The summed E-state index contributed by atoms with van der Waals surface area (Å²) in [5.74, 6) is 1.25. The van der Waals surface area contributed by atoms with E-state index in [0.29, 0.717) is 59.4 Å². The van der Waals surface area contributed by atoms with Gasteiger partial charge >= 0.3 is 0 Å². The molecule has 49 heavy (non-hydrogen) atoms. The van der Waals surface area contributed by atoms with Crippen molar-refractivity contribution < 1.29 is 17.1 Å². The molecule has 245 valence electrons. The average Bonchev–Trinajstić information content (AvgIpc) is 3.83. The van der Waals surface area contributed by atoms with E-state index in [-0.39, 0.29) is 64.5 Å². The first-order valence-electron chi connectivity index (χ1n) is 13.8. The largest absolute Gasteiger partial charge is 0.324 e. The van der Waals surface area contributed by atoms with Crippen molar-refractivity contribution >= 4 is 146 Å². The fourth-order valence-corrected chi connectivity index (χ4v) is 8.61. The zero-order valence-electron chi connectivity index (χ0n) is 23.6. The maximum Gasteiger partial charge on any atom is 0.166 e. The normalized spacial score (nSPS) is 11.9. The molecule has 0 atom stereocenters. The Morgan fingerprint density at radius 1 is 0.429 bits per heavy atom. The van der Waals surface area contributed by atoms with E-state index in [9.17, 15) is 0 Å². The van der Waals surface area contributed by atoms with Gasteiger partial charge in [0.15, 0.2) is 23.3 Å². The number of H-pyrrole nitrogens is 2. The van der Waals surface area contributed by atoms with E-state index in [4.69, 9.17) is 99.5 Å². The summed E-state index contributed by atoms with van der Waals surface area (Å²) in [6.45, 7) is 0. The van der Waals surface area contributed by atoms with Gasteiger partial charge in [0.25, 0.3) is 0 Å². The third-order valence-corrected chi connectivity index (χ3v) is 13.1. The zero-order valence-corrected chi connectivity index (χ0v) is 32.3. The number of aromatic nitrogens is 8. The zero-order chi connectivity index (χ0) is 33.2. The first-order chi connectivity index (χ1) is 23.1. The monoisotopic (exact) mass is 937 g/mol. The number of nitrogens with one attached hydrogen (secondary N) is 2. The summed E-state index contributed by atoms with van der Waals surface area (Å²) >= 11 is 47.6. The molecule has 0 spiro atoms. The van der Waals surface area contributed by atoms with Crippen LogP contribution in [-0.4, -0.2) is 39.9 Å². The van der Waals surface area contributed by atoms with Gasteiger partial charge in [-0.3, -0.25) is 0 Å². The molecule has 0 saturated heterocycles. The molecule has 0 fully saturated rings. The van der Waals surface area contributed by atoms with Gasteiger partial charge in [-0.1, -0.05) is 118 Å². The molecule has 9 rings (SSSR count). The van der Waals surface area contributed by atoms with Gasteiger partial charge in [0.2, 0.25) is 0 Å². The van der Waals surface area contributed by atoms with Crippen LogP contribution in [0.1, 0.15) is 0 Å². The second-order valence-electron chi connectivity index (χ2n) is 10.7. The second-order valence-corrected chi connectivity index (χ2v) is 14.6. The van der Waals surface area contributed by atoms with E-state index in [1.54, 1.807) is 0 Å². The summed E-state index contributed by atoms with van der Waals surface area (Å²) in [6, 6.07) is 15.4. The fraction of sp³-hybridized carbons (Fsp3) is 0. The molecule has 3 aromatic heterocycles. The Morgan fingerprint density at radius 3 is 1.43 bits per heavy atom. The maximum absolute atomic E-state index is 6.91. The summed E-state index contributed by atoms with van der Waals surface area (Å²) in [7, 11) is 0. The minimum absolute atomic E-state index is 0. The second kappa shape index (κ2) is 12.3. The topological polar surface area (TPSA) is 109 Å². The minimum Gasteiger partial charge on any atom is -0.324 e. The van der Waals surface area contributed by atoms with Crippen LogP contribution in [0.4, 0.5) is 0 Å². The summed E-state index contributed by atoms with van der Waals surface area (Å²) in [5.41, 5.74) is 3.99. The molecule has 1 radical (unpaired) electrons. The van der Waals surface area contributed by atoms with Crippen LogP contribution in [0.3, 0.4) is 0 Å². The Hall–Kier alpha value is -2.54. The van der Waals surface area contributed by atoms with E-state index in [2.05, 4.69) is 41.8 Å². The third-order valence-electron chi connectivity index (χ3n) is 8.07. The standard InChI is InChI=1S/C32H10Br2Cl6N8.Cu/c33-17-13-14(19(35)22(38)18(17)34)30-46-29(13)44-27-11-7-3-1-5-9(11)25(42-27)41-26-10-6-2-4-8-12(10)28(43-26)45-31-15-16(32(47-30)48-31)21(37)24(40)23(39)20(15)36;/h1-8H,(H2,41,42,43,44,45,46,47,48);. The maximum atomic E-state index is 6.91. The molecule has 0 unspecified atom stereocenters. The van der Waals surface area contributed by atoms with Gasteiger partial charge in [-0.15, -0.1) is 0 Å². The number of fused-ring (bicyclic) bond motifs is 20. The van der Waals surface area contributed by atoms with Crippen molar-refractivity contribution in [3.8, 4) is 45.6 Å². The first kappa shape index (κ1) is 33.6. The predicted molar refractivity (Wildman–Crippen MR) is 202 cm³/mol. The van der Waals surface area contributed by atoms with Crippen LogP contribution in [0.5, 0.6) is 0 Å². The van der Waals surface area contributed by atoms with E-state index in [0.717, 1.165) is 21.9 Å². The Labute approximate surface area is 332 Å². The van der Waals surface area contributed by atoms with Crippen LogP contribution in [0.2, 0.25) is 30.1 Å². The quantitative estimate of drug-likeness (QED) is 0.0890. The van der Waals surface area contributed by atoms with Crippen LogP contribution in [0.15, 0.2) is 57.5 Å². The molecular formula is C32H10Br2Cl6CuN8. The molecule has 8 nitrogen and oxygen atoms in total. The molecule has 5 heterocycles. The molecule has 2 aliphatic rings. The first-order valence-corrected chi connectivity index (χ1v) is 17.7. The van der Waals surface area contributed by atoms with Crippen molar-refractivity contribution in [2.24, 2.45) is 0 Å². The molecule has 0 saturated carbocycles. The van der Waals surface area contributed by atoms with Gasteiger partial charge < -0.3 is 9.97 Å². The minimum atomic E-state index is 0. The van der Waals surface area contributed by atoms with Gasteiger partial charge in [0.05, 0.1) is 45.7 Å². The summed E-state index contributed by atoms with van der Waals surface area (Å²) < 4.78 is 1.13. The average molecular weight is 943 g/mol. The van der Waals surface area contributed by atoms with Crippen molar-refractivity contribution in [1.29, 1.82) is 0 Å². The fourth-order valence-electron chi connectivity index (χ4n) is 5.91. The van der Waals surface area contributed by atoms with Crippen molar-refractivity contribution in [2.45, 2.75) is 0 Å². The van der Waals surface area contributed by atoms with E-state index >= 15 is 0 Å². The molecular weight excluding hydrogens is 932 g/mol. The Balaban J connectivity index is 0.00000348. The number of aromatic amines is 2. The number of benzene rings is 4. The number of halogens is 8. The molecule has 0 amide bonds. The number of hydrogen-bond acceptors (Lipinski definition) is 6. The molecule has 2 N–H and O–H groups in total. The van der Waals surface area contributed by atoms with Crippen LogP contribution in [0.25, 0.3) is 89.7 Å². The van der Waals surface area contributed by atoms with E-state index in [1.165, 1.54) is 0 Å². The molecule has 17 heteroatoms. The summed E-state index contributed by atoms with van der Waals surface area (Å²) in [4.78, 5) is 36.3. The van der Waals surface area contributed by atoms with Crippen molar-refractivity contribution in [3.63, 3.8) is 0 Å². The van der Waals surface area contributed by atoms with Gasteiger partial charge in [0, 0.05) is 54.2 Å². The van der Waals surface area contributed by atoms with Crippen molar-refractivity contribution in [3.05, 3.63) is 87.6 Å². The number of nitrogens with zero attached hydrogens (tertiary/aromatic N) is 6. The summed E-state index contributed by atoms with van der Waals surface area (Å²) in [5, 5.41) is 3.49. The van der Waals surface area contributed by atoms with Crippen LogP contribution >= 0.6 is 101 Å². The van der Waals surface area contributed by atoms with Gasteiger partial charge in [-0.25, -0.2) is 29.9 Å². The molecule has 7 aromatic rings. The van der Waals surface area contributed by atoms with Crippen LogP contribution < -0.4 is 0 Å². The number of rotatable bonds is 0. The van der Waals surface area contributed by atoms with Crippen molar-refractivity contribution in [2.75, 3.05) is 0 Å². The van der Waals surface area contributed by atoms with Gasteiger partial charge in [-0.05, 0) is 31.9 Å². The molecule has 2 aliphatic heterocycles.